The number of halogens is 2. The van der Waals surface area contributed by atoms with Crippen LogP contribution in [0.15, 0.2) is 97.1 Å². The highest BCUT2D eigenvalue weighted by Gasteiger charge is 2.40. The molecular weight excluding hydrogens is 1450 g/mol. The molecule has 0 aliphatic carbocycles. The van der Waals surface area contributed by atoms with Crippen LogP contribution in [0.1, 0.15) is 75.1 Å². The van der Waals surface area contributed by atoms with Crippen LogP contribution < -0.4 is 40.7 Å². The van der Waals surface area contributed by atoms with Crippen LogP contribution in [0.25, 0.3) is 21.5 Å². The molecule has 105 heavy (non-hydrogen) atoms. The smallest absolute Gasteiger partial charge is 0.445 e. The minimum absolute atomic E-state index is 0.00182. The maximum atomic E-state index is 14.8. The van der Waals surface area contributed by atoms with Crippen LogP contribution in [0.2, 0.25) is 0 Å². The summed E-state index contributed by atoms with van der Waals surface area (Å²) < 4.78 is 72.6. The van der Waals surface area contributed by atoms with Crippen molar-refractivity contribution in [2.75, 3.05) is 179 Å². The van der Waals surface area contributed by atoms with Gasteiger partial charge in [0.2, 0.25) is 17.7 Å². The summed E-state index contributed by atoms with van der Waals surface area (Å²) in [6.07, 6.45) is -1.49. The monoisotopic (exact) mass is 1540 g/mol. The first-order valence-corrected chi connectivity index (χ1v) is 37.8. The molecule has 4 atom stereocenters. The van der Waals surface area contributed by atoms with E-state index < -0.39 is 61.6 Å². The normalized spacial score (nSPS) is 14.6. The predicted octanol–water partition coefficient (Wildman–Crippen LogP) is 8.26. The molecule has 0 unspecified atom stereocenters. The number of hydrogen-bond donors (Lipinski definition) is 6. The van der Waals surface area contributed by atoms with E-state index in [0.29, 0.717) is 117 Å². The number of alkyl halides is 2. The molecule has 0 saturated heterocycles. The number of amides is 7. The number of hydrogen-bond acceptors (Lipinski definition) is 21. The SMILES string of the molecule is COCCN(CCN(CCOC)C(=O)Oc1cc2c(c3ccccc13)[C@H](CCl)CN2C(=O)c1ccc(C(=O)N2C[C@@H](CCl)c3c2cc(OP(=O)(O)O)c2ccccc32)s1)C(=O)OCc1ccc(NC(=O)[C@H](C)NC(=O)[C@@H](NC(=O)CCOCCOCCOCCOCCOCCOCCN)C(C)C)cc1. The van der Waals surface area contributed by atoms with Crippen LogP contribution in [0.5, 0.6) is 11.5 Å². The van der Waals surface area contributed by atoms with Crippen molar-refractivity contribution in [2.24, 2.45) is 11.7 Å². The largest absolute Gasteiger partial charge is 0.524 e. The van der Waals surface area contributed by atoms with Gasteiger partial charge in [-0.25, -0.2) is 14.2 Å². The van der Waals surface area contributed by atoms with Crippen LogP contribution in [0, 0.1) is 5.92 Å². The highest BCUT2D eigenvalue weighted by molar-refractivity contribution is 7.46. The lowest BCUT2D eigenvalue weighted by molar-refractivity contribution is -0.132. The van der Waals surface area contributed by atoms with E-state index in [2.05, 4.69) is 16.0 Å². The zero-order chi connectivity index (χ0) is 75.4. The van der Waals surface area contributed by atoms with Crippen LogP contribution in [-0.2, 0) is 68.2 Å². The molecule has 572 valence electrons. The van der Waals surface area contributed by atoms with Gasteiger partial charge in [0.1, 0.15) is 30.2 Å². The van der Waals surface area contributed by atoms with E-state index in [4.69, 9.17) is 80.8 Å². The Labute approximate surface area is 623 Å². The Kier molecular flexibility index (Phi) is 33.3. The fourth-order valence-electron chi connectivity index (χ4n) is 11.7. The number of nitrogens with zero attached hydrogens (tertiary/aromatic N) is 4. The number of carbonyl (C=O) groups is 7. The van der Waals surface area contributed by atoms with Crippen LogP contribution in [0.3, 0.4) is 0 Å². The first kappa shape index (κ1) is 83.0. The van der Waals surface area contributed by atoms with Gasteiger partial charge >= 0.3 is 20.0 Å². The molecule has 0 saturated carbocycles. The Morgan fingerprint density at radius 1 is 0.581 bits per heavy atom. The Morgan fingerprint density at radius 3 is 1.50 bits per heavy atom. The third-order valence-corrected chi connectivity index (χ3v) is 19.3. The van der Waals surface area contributed by atoms with Crippen molar-refractivity contribution in [1.29, 1.82) is 0 Å². The Hall–Kier alpha value is -7.62. The van der Waals surface area contributed by atoms with E-state index in [-0.39, 0.29) is 129 Å². The molecule has 2 aliphatic rings. The van der Waals surface area contributed by atoms with Crippen LogP contribution in [-0.4, -0.2) is 238 Å². The molecule has 0 bridgehead atoms. The van der Waals surface area contributed by atoms with Crippen LogP contribution >= 0.6 is 42.4 Å². The maximum Gasteiger partial charge on any atom is 0.524 e. The number of rotatable bonds is 44. The van der Waals surface area contributed by atoms with Crippen LogP contribution in [0.4, 0.5) is 26.7 Å². The number of anilines is 3. The van der Waals surface area contributed by atoms with E-state index in [1.165, 1.54) is 41.9 Å². The van der Waals surface area contributed by atoms with E-state index in [9.17, 15) is 47.9 Å². The summed E-state index contributed by atoms with van der Waals surface area (Å²) in [6, 6.07) is 25.0. The zero-order valence-corrected chi connectivity index (χ0v) is 62.7. The molecule has 8 rings (SSSR count). The van der Waals surface area contributed by atoms with Crippen molar-refractivity contribution in [2.45, 2.75) is 57.7 Å². The summed E-state index contributed by atoms with van der Waals surface area (Å²) in [6.45, 7) is 10.7. The van der Waals surface area contributed by atoms with Crippen molar-refractivity contribution in [1.82, 2.24) is 20.4 Å². The Bertz CT molecular complexity index is 3930. The second-order valence-electron chi connectivity index (χ2n) is 24.8. The number of ether oxygens (including phenoxy) is 10. The van der Waals surface area contributed by atoms with Gasteiger partial charge in [-0.3, -0.25) is 33.8 Å². The third-order valence-electron chi connectivity index (χ3n) is 17.0. The molecule has 6 aromatic rings. The Morgan fingerprint density at radius 2 is 1.04 bits per heavy atom. The number of thiophene rings is 1. The fraction of sp³-hybridized carbons (Fsp3) is 0.486. The van der Waals surface area contributed by atoms with E-state index >= 15 is 0 Å². The lowest BCUT2D eigenvalue weighted by Gasteiger charge is -2.27. The van der Waals surface area contributed by atoms with Gasteiger partial charge < -0.3 is 93.2 Å². The molecule has 7 amide bonds. The number of phosphoric ester groups is 1. The highest BCUT2D eigenvalue weighted by Crippen LogP contribution is 2.50. The fourth-order valence-corrected chi connectivity index (χ4v) is 13.6. The van der Waals surface area contributed by atoms with Gasteiger partial charge in [-0.2, -0.15) is 0 Å². The summed E-state index contributed by atoms with van der Waals surface area (Å²) in [5.41, 5.74) is 8.65. The number of carbonyl (C=O) groups excluding carboxylic acids is 7. The number of phosphoric acid groups is 1. The number of nitrogens with one attached hydrogen (secondary N) is 3. The van der Waals surface area contributed by atoms with Gasteiger partial charge in [0.15, 0.2) is 0 Å². The Balaban J connectivity index is 0.808. The van der Waals surface area contributed by atoms with Gasteiger partial charge in [-0.1, -0.05) is 74.5 Å². The quantitative estimate of drug-likeness (QED) is 0.0119. The van der Waals surface area contributed by atoms with Crippen molar-refractivity contribution in [3.8, 4) is 11.5 Å². The molecule has 2 aliphatic heterocycles. The maximum absolute atomic E-state index is 14.8. The minimum atomic E-state index is -5.01. The number of methoxy groups -OCH3 is 2. The molecule has 0 radical (unpaired) electrons. The molecule has 3 heterocycles. The topological polar surface area (TPSA) is 354 Å². The molecule has 33 heteroatoms. The number of fused-ring (bicyclic) bond motifs is 6. The summed E-state index contributed by atoms with van der Waals surface area (Å²) in [4.78, 5) is 123. The molecular formula is C72H93Cl2N8O21PS. The average Bonchev–Trinajstić information content (AvgIpc) is 1.62. The van der Waals surface area contributed by atoms with Gasteiger partial charge in [0, 0.05) is 119 Å². The first-order chi connectivity index (χ1) is 50.7. The number of benzene rings is 5. The van der Waals surface area contributed by atoms with Crippen molar-refractivity contribution < 1.29 is 99.8 Å². The van der Waals surface area contributed by atoms with Crippen molar-refractivity contribution >= 4 is 123 Å². The second kappa shape index (κ2) is 42.1. The average molecular weight is 1540 g/mol. The molecule has 29 nitrogen and oxygen atoms in total. The van der Waals surface area contributed by atoms with E-state index in [1.54, 1.807) is 97.6 Å². The predicted molar refractivity (Wildman–Crippen MR) is 396 cm³/mol. The van der Waals surface area contributed by atoms with Gasteiger partial charge in [0.05, 0.1) is 114 Å². The third kappa shape index (κ3) is 23.9. The highest BCUT2D eigenvalue weighted by atomic mass is 35.5. The van der Waals surface area contributed by atoms with E-state index in [1.807, 2.05) is 12.1 Å². The van der Waals surface area contributed by atoms with Crippen molar-refractivity contribution in [3.63, 3.8) is 0 Å². The summed E-state index contributed by atoms with van der Waals surface area (Å²) in [5.74, 6) is -3.05. The summed E-state index contributed by atoms with van der Waals surface area (Å²) in [5, 5.41) is 10.5. The van der Waals surface area contributed by atoms with E-state index in [0.717, 1.165) is 22.5 Å². The first-order valence-electron chi connectivity index (χ1n) is 34.4. The minimum Gasteiger partial charge on any atom is -0.445 e. The molecule has 7 N–H and O–H groups in total. The van der Waals surface area contributed by atoms with Crippen molar-refractivity contribution in [3.05, 3.63) is 124 Å². The molecule has 1 aromatic heterocycles. The number of nitrogens with two attached hydrogens (primary N) is 1. The standard InChI is InChI=1S/C72H93Cl2N8O21PS/c1-47(2)66(78-63(83)20-26-95-30-32-97-34-36-99-38-39-100-37-35-98-33-31-96-27-21-75)68(85)76-48(3)67(84)77-52-16-14-49(15-17-52)46-101-71(88)79(24-28-93-4)22-23-80(25-29-94-5)72(89)102-59-40-57-64(55-12-8-6-10-53(55)59)50(42-73)44-81(57)69(86)61-18-19-62(105-61)70(87)82-45-51(43-74)65-56-13-9-7-11-54(56)60(41-58(65)82)103-104(90,91)92/h6-19,40-41,47-48,50-51,66H,20-39,42-46,75H2,1-5H3,(H,76,85)(H,77,84)(H,78,83)(H2,90,91,92)/t48-,50+,51+,66-/m0/s1. The van der Waals surface area contributed by atoms with Gasteiger partial charge in [-0.05, 0) is 64.6 Å². The lowest BCUT2D eigenvalue weighted by atomic mass is 9.95. The molecule has 0 fully saturated rings. The second-order valence-corrected chi connectivity index (χ2v) is 27.7. The molecule has 5 aromatic carbocycles. The van der Waals surface area contributed by atoms with Gasteiger partial charge in [0.25, 0.3) is 11.8 Å². The summed E-state index contributed by atoms with van der Waals surface area (Å²) >= 11 is 14.1. The zero-order valence-electron chi connectivity index (χ0n) is 59.4. The lowest BCUT2D eigenvalue weighted by Crippen LogP contribution is -2.53. The summed E-state index contributed by atoms with van der Waals surface area (Å²) in [7, 11) is -2.05. The van der Waals surface area contributed by atoms with Gasteiger partial charge in [-0.15, -0.1) is 34.5 Å². The molecule has 0 spiro atoms.